The summed E-state index contributed by atoms with van der Waals surface area (Å²) in [5, 5.41) is 0. The molecule has 0 aliphatic rings. The Morgan fingerprint density at radius 2 is 2.07 bits per heavy atom. The zero-order valence-electron chi connectivity index (χ0n) is 8.65. The first-order valence-corrected chi connectivity index (χ1v) is 4.44. The van der Waals surface area contributed by atoms with E-state index in [9.17, 15) is 9.59 Å². The molecule has 1 aromatic rings. The fourth-order valence-electron chi connectivity index (χ4n) is 1.01. The van der Waals surface area contributed by atoms with E-state index in [1.54, 1.807) is 24.3 Å². The van der Waals surface area contributed by atoms with E-state index in [1.807, 2.05) is 0 Å². The largest absolute Gasteiger partial charge is 0.482 e. The molecule has 0 saturated heterocycles. The quantitative estimate of drug-likeness (QED) is 0.555. The molecule has 4 heteroatoms. The van der Waals surface area contributed by atoms with Crippen molar-refractivity contribution in [2.24, 2.45) is 0 Å². The minimum Gasteiger partial charge on any atom is -0.482 e. The van der Waals surface area contributed by atoms with E-state index in [2.05, 4.69) is 4.74 Å². The van der Waals surface area contributed by atoms with Crippen LogP contribution < -0.4 is 4.74 Å². The minimum atomic E-state index is -0.455. The molecule has 4 nitrogen and oxygen atoms in total. The molecule has 0 heterocycles. The van der Waals surface area contributed by atoms with Crippen molar-refractivity contribution >= 4 is 11.8 Å². The first-order chi connectivity index (χ1) is 7.13. The maximum Gasteiger partial charge on any atom is 0.343 e. The van der Waals surface area contributed by atoms with Crippen LogP contribution in [0, 0.1) is 0 Å². The maximum absolute atomic E-state index is 11.0. The van der Waals surface area contributed by atoms with Gasteiger partial charge in [-0.15, -0.1) is 0 Å². The predicted molar refractivity (Wildman–Crippen MR) is 54.0 cm³/mol. The molecule has 0 amide bonds. The molecule has 0 bridgehead atoms. The second kappa shape index (κ2) is 5.14. The van der Waals surface area contributed by atoms with Gasteiger partial charge in [0.2, 0.25) is 0 Å². The summed E-state index contributed by atoms with van der Waals surface area (Å²) in [6.45, 7) is 1.32. The lowest BCUT2D eigenvalue weighted by Crippen LogP contribution is -2.12. The molecule has 0 radical (unpaired) electrons. The van der Waals surface area contributed by atoms with Crippen molar-refractivity contribution in [1.29, 1.82) is 0 Å². The fourth-order valence-corrected chi connectivity index (χ4v) is 1.01. The first kappa shape index (κ1) is 11.2. The van der Waals surface area contributed by atoms with Gasteiger partial charge in [0.15, 0.2) is 12.4 Å². The Morgan fingerprint density at radius 1 is 1.33 bits per heavy atom. The molecule has 0 aliphatic carbocycles. The van der Waals surface area contributed by atoms with Crippen LogP contribution in [-0.4, -0.2) is 25.5 Å². The Kier molecular flexibility index (Phi) is 3.85. The molecular weight excluding hydrogens is 196 g/mol. The summed E-state index contributed by atoms with van der Waals surface area (Å²) in [4.78, 5) is 21.8. The van der Waals surface area contributed by atoms with Crippen LogP contribution in [0.15, 0.2) is 24.3 Å². The van der Waals surface area contributed by atoms with Crippen LogP contribution in [0.4, 0.5) is 0 Å². The number of carbonyl (C=O) groups is 2. The van der Waals surface area contributed by atoms with Gasteiger partial charge in [0, 0.05) is 5.56 Å². The lowest BCUT2D eigenvalue weighted by molar-refractivity contribution is -0.142. The average Bonchev–Trinajstić information content (AvgIpc) is 2.26. The number of hydrogen-bond donors (Lipinski definition) is 0. The van der Waals surface area contributed by atoms with Gasteiger partial charge in [-0.3, -0.25) is 4.79 Å². The van der Waals surface area contributed by atoms with E-state index < -0.39 is 5.97 Å². The Hall–Kier alpha value is -1.84. The summed E-state index contributed by atoms with van der Waals surface area (Å²) >= 11 is 0. The Bertz CT molecular complexity index is 371. The number of Topliss-reactive ketones (excluding diaryl/α,β-unsaturated/α-hetero) is 1. The summed E-state index contributed by atoms with van der Waals surface area (Å²) in [6.07, 6.45) is 0. The summed E-state index contributed by atoms with van der Waals surface area (Å²) in [5.74, 6) is -0.0187. The molecule has 1 rings (SSSR count). The van der Waals surface area contributed by atoms with Gasteiger partial charge in [-0.2, -0.15) is 0 Å². The Labute approximate surface area is 87.8 Å². The normalized spacial score (nSPS) is 9.47. The van der Waals surface area contributed by atoms with Crippen LogP contribution in [0.3, 0.4) is 0 Å². The number of rotatable bonds is 4. The number of ether oxygens (including phenoxy) is 2. The van der Waals surface area contributed by atoms with Crippen molar-refractivity contribution in [3.63, 3.8) is 0 Å². The first-order valence-electron chi connectivity index (χ1n) is 4.44. The second-order valence-electron chi connectivity index (χ2n) is 2.95. The highest BCUT2D eigenvalue weighted by Gasteiger charge is 2.04. The Morgan fingerprint density at radius 3 is 2.67 bits per heavy atom. The van der Waals surface area contributed by atoms with Gasteiger partial charge < -0.3 is 9.47 Å². The average molecular weight is 208 g/mol. The van der Waals surface area contributed by atoms with E-state index in [1.165, 1.54) is 14.0 Å². The maximum atomic E-state index is 11.0. The SMILES string of the molecule is COC(=O)COc1cccc(C(C)=O)c1. The van der Waals surface area contributed by atoms with Crippen LogP contribution in [0.5, 0.6) is 5.75 Å². The van der Waals surface area contributed by atoms with Gasteiger partial charge in [-0.1, -0.05) is 12.1 Å². The van der Waals surface area contributed by atoms with Gasteiger partial charge in [0.1, 0.15) is 5.75 Å². The minimum absolute atomic E-state index is 0.0430. The third-order valence-corrected chi connectivity index (χ3v) is 1.82. The van der Waals surface area contributed by atoms with Crippen molar-refractivity contribution in [2.75, 3.05) is 13.7 Å². The van der Waals surface area contributed by atoms with Crippen LogP contribution in [0.1, 0.15) is 17.3 Å². The van der Waals surface area contributed by atoms with Crippen LogP contribution in [0.25, 0.3) is 0 Å². The van der Waals surface area contributed by atoms with E-state index in [4.69, 9.17) is 4.74 Å². The lowest BCUT2D eigenvalue weighted by Gasteiger charge is -2.05. The molecule has 0 N–H and O–H groups in total. The van der Waals surface area contributed by atoms with Crippen LogP contribution in [0.2, 0.25) is 0 Å². The standard InChI is InChI=1S/C11H12O4/c1-8(12)9-4-3-5-10(6-9)15-7-11(13)14-2/h3-6H,7H2,1-2H3. The number of esters is 1. The van der Waals surface area contributed by atoms with Crippen LogP contribution in [-0.2, 0) is 9.53 Å². The highest BCUT2D eigenvalue weighted by atomic mass is 16.6. The van der Waals surface area contributed by atoms with Gasteiger partial charge >= 0.3 is 5.97 Å². The third-order valence-electron chi connectivity index (χ3n) is 1.82. The summed E-state index contributed by atoms with van der Waals surface area (Å²) in [6, 6.07) is 6.65. The van der Waals surface area contributed by atoms with E-state index in [0.717, 1.165) is 0 Å². The highest BCUT2D eigenvalue weighted by molar-refractivity contribution is 5.94. The molecule has 80 valence electrons. The van der Waals surface area contributed by atoms with E-state index in [0.29, 0.717) is 11.3 Å². The van der Waals surface area contributed by atoms with Gasteiger partial charge in [0.25, 0.3) is 0 Å². The number of ketones is 1. The zero-order chi connectivity index (χ0) is 11.3. The predicted octanol–water partition coefficient (Wildman–Crippen LogP) is 1.44. The zero-order valence-corrected chi connectivity index (χ0v) is 8.65. The number of methoxy groups -OCH3 is 1. The second-order valence-corrected chi connectivity index (χ2v) is 2.95. The number of carbonyl (C=O) groups excluding carboxylic acids is 2. The van der Waals surface area contributed by atoms with E-state index in [-0.39, 0.29) is 12.4 Å². The topological polar surface area (TPSA) is 52.6 Å². The van der Waals surface area contributed by atoms with Crippen molar-refractivity contribution < 1.29 is 19.1 Å². The molecular formula is C11H12O4. The summed E-state index contributed by atoms with van der Waals surface area (Å²) in [7, 11) is 1.29. The number of hydrogen-bond acceptors (Lipinski definition) is 4. The van der Waals surface area contributed by atoms with Crippen molar-refractivity contribution in [3.8, 4) is 5.75 Å². The molecule has 0 atom stereocenters. The third kappa shape index (κ3) is 3.42. The van der Waals surface area contributed by atoms with Gasteiger partial charge in [0.05, 0.1) is 7.11 Å². The molecule has 1 aromatic carbocycles. The van der Waals surface area contributed by atoms with Crippen molar-refractivity contribution in [1.82, 2.24) is 0 Å². The molecule has 0 aromatic heterocycles. The van der Waals surface area contributed by atoms with Crippen LogP contribution >= 0.6 is 0 Å². The molecule has 0 unspecified atom stereocenters. The molecule has 0 saturated carbocycles. The van der Waals surface area contributed by atoms with Gasteiger partial charge in [-0.05, 0) is 19.1 Å². The molecule has 0 fully saturated rings. The highest BCUT2D eigenvalue weighted by Crippen LogP contribution is 2.13. The summed E-state index contributed by atoms with van der Waals surface area (Å²) < 4.78 is 9.54. The van der Waals surface area contributed by atoms with Gasteiger partial charge in [-0.25, -0.2) is 4.79 Å². The molecule has 0 aliphatic heterocycles. The monoisotopic (exact) mass is 208 g/mol. The van der Waals surface area contributed by atoms with Crippen molar-refractivity contribution in [2.45, 2.75) is 6.92 Å². The van der Waals surface area contributed by atoms with E-state index >= 15 is 0 Å². The Balaban J connectivity index is 2.66. The molecule has 0 spiro atoms. The van der Waals surface area contributed by atoms with Crippen molar-refractivity contribution in [3.05, 3.63) is 29.8 Å². The lowest BCUT2D eigenvalue weighted by atomic mass is 10.1. The molecule has 15 heavy (non-hydrogen) atoms. The number of benzene rings is 1. The fraction of sp³-hybridized carbons (Fsp3) is 0.273. The summed E-state index contributed by atoms with van der Waals surface area (Å²) in [5.41, 5.74) is 0.553. The smallest absolute Gasteiger partial charge is 0.343 e.